The number of alkyl halides is 3. The zero-order chi connectivity index (χ0) is 26.6. The van der Waals surface area contributed by atoms with Gasteiger partial charge >= 0.3 is 6.18 Å². The maximum atomic E-state index is 13.1. The lowest BCUT2D eigenvalue weighted by Crippen LogP contribution is -2.60. The molecule has 2 heterocycles. The highest BCUT2D eigenvalue weighted by Gasteiger charge is 2.36. The molecule has 2 fully saturated rings. The monoisotopic (exact) mass is 537 g/mol. The maximum Gasteiger partial charge on any atom is 0.416 e. The summed E-state index contributed by atoms with van der Waals surface area (Å²) in [6, 6.07) is 10.8. The lowest BCUT2D eigenvalue weighted by molar-refractivity contribution is -0.145. The summed E-state index contributed by atoms with van der Waals surface area (Å²) >= 11 is 6.09. The van der Waals surface area contributed by atoms with Crippen molar-refractivity contribution >= 4 is 40.7 Å². The Balaban J connectivity index is 1.34. The number of nitrogens with zero attached hydrogens (tertiary/aromatic N) is 3. The zero-order valence-electron chi connectivity index (χ0n) is 19.9. The quantitative estimate of drug-likeness (QED) is 0.592. The fourth-order valence-electron chi connectivity index (χ4n) is 4.50. The molecule has 12 heteroatoms. The molecule has 1 unspecified atom stereocenters. The highest BCUT2D eigenvalue weighted by atomic mass is 35.5. The number of carbonyl (C=O) groups excluding carboxylic acids is 3. The van der Waals surface area contributed by atoms with Gasteiger partial charge < -0.3 is 20.4 Å². The molecule has 0 aromatic heterocycles. The van der Waals surface area contributed by atoms with Crippen molar-refractivity contribution in [1.29, 1.82) is 0 Å². The molecular weight excluding hydrogens is 511 g/mol. The molecule has 0 aliphatic carbocycles. The standard InChI is InChI=1S/C25H27ClF3N5O3/c26-18-4-2-6-20(14-18)33-11-9-32(10-12-33)16-23(36)34-8-7-30-24(37)21(34)15-22(35)31-19-5-1-3-17(13-19)25(27,28)29/h1-6,13-14,21H,7-12,15-16H2,(H,30,37)(H,31,35). The van der Waals surface area contributed by atoms with Crippen LogP contribution in [0.25, 0.3) is 0 Å². The average Bonchev–Trinajstić information content (AvgIpc) is 2.85. The van der Waals surface area contributed by atoms with Crippen LogP contribution in [0, 0.1) is 0 Å². The minimum Gasteiger partial charge on any atom is -0.369 e. The van der Waals surface area contributed by atoms with Crippen molar-refractivity contribution in [1.82, 2.24) is 15.1 Å². The van der Waals surface area contributed by atoms with Crippen LogP contribution in [0.5, 0.6) is 0 Å². The molecule has 3 amide bonds. The van der Waals surface area contributed by atoms with Crippen LogP contribution in [0.1, 0.15) is 12.0 Å². The van der Waals surface area contributed by atoms with Crippen molar-refractivity contribution in [2.24, 2.45) is 0 Å². The predicted octanol–water partition coefficient (Wildman–Crippen LogP) is 2.84. The molecule has 0 saturated carbocycles. The molecule has 8 nitrogen and oxygen atoms in total. The largest absolute Gasteiger partial charge is 0.416 e. The second-order valence-corrected chi connectivity index (χ2v) is 9.40. The Kier molecular flexibility index (Phi) is 8.23. The van der Waals surface area contributed by atoms with Gasteiger partial charge in [0.15, 0.2) is 0 Å². The first kappa shape index (κ1) is 26.7. The summed E-state index contributed by atoms with van der Waals surface area (Å²) in [7, 11) is 0. The zero-order valence-corrected chi connectivity index (χ0v) is 20.7. The van der Waals surface area contributed by atoms with Gasteiger partial charge in [-0.3, -0.25) is 19.3 Å². The van der Waals surface area contributed by atoms with Gasteiger partial charge in [0.1, 0.15) is 6.04 Å². The van der Waals surface area contributed by atoms with Crippen LogP contribution in [0.3, 0.4) is 0 Å². The summed E-state index contributed by atoms with van der Waals surface area (Å²) in [6.45, 7) is 3.29. The van der Waals surface area contributed by atoms with Crippen molar-refractivity contribution in [2.45, 2.75) is 18.6 Å². The van der Waals surface area contributed by atoms with E-state index in [9.17, 15) is 27.6 Å². The van der Waals surface area contributed by atoms with E-state index in [-0.39, 0.29) is 37.6 Å². The summed E-state index contributed by atoms with van der Waals surface area (Å²) in [5.74, 6) is -1.40. The normalized spacial score (nSPS) is 18.9. The molecule has 2 aliphatic rings. The SMILES string of the molecule is O=C(CC1C(=O)NCCN1C(=O)CN1CCN(c2cccc(Cl)c2)CC1)Nc1cccc(C(F)(F)F)c1. The lowest BCUT2D eigenvalue weighted by atomic mass is 10.1. The van der Waals surface area contributed by atoms with Crippen molar-refractivity contribution in [3.63, 3.8) is 0 Å². The van der Waals surface area contributed by atoms with Gasteiger partial charge in [0.25, 0.3) is 0 Å². The first-order valence-electron chi connectivity index (χ1n) is 11.9. The Bertz CT molecular complexity index is 1150. The molecule has 2 aromatic rings. The van der Waals surface area contributed by atoms with Gasteiger partial charge in [-0.2, -0.15) is 13.2 Å². The number of benzene rings is 2. The molecule has 0 spiro atoms. The summed E-state index contributed by atoms with van der Waals surface area (Å²) in [5, 5.41) is 5.71. The van der Waals surface area contributed by atoms with Crippen LogP contribution in [0.15, 0.2) is 48.5 Å². The van der Waals surface area contributed by atoms with E-state index in [1.807, 2.05) is 29.2 Å². The molecular formula is C25H27ClF3N5O3. The summed E-state index contributed by atoms with van der Waals surface area (Å²) in [6.07, 6.45) is -4.91. The summed E-state index contributed by atoms with van der Waals surface area (Å²) in [5.41, 5.74) is 0.0810. The number of hydrogen-bond acceptors (Lipinski definition) is 5. The van der Waals surface area contributed by atoms with Crippen LogP contribution in [-0.2, 0) is 20.6 Å². The van der Waals surface area contributed by atoms with Gasteiger partial charge in [-0.1, -0.05) is 23.7 Å². The minimum absolute atomic E-state index is 0.0357. The minimum atomic E-state index is -4.55. The van der Waals surface area contributed by atoms with Crippen molar-refractivity contribution < 1.29 is 27.6 Å². The van der Waals surface area contributed by atoms with Gasteiger partial charge in [-0.05, 0) is 36.4 Å². The van der Waals surface area contributed by atoms with Crippen LogP contribution >= 0.6 is 11.6 Å². The molecule has 0 radical (unpaired) electrons. The van der Waals surface area contributed by atoms with Gasteiger partial charge in [0.05, 0.1) is 18.5 Å². The Morgan fingerprint density at radius 1 is 1.03 bits per heavy atom. The summed E-state index contributed by atoms with van der Waals surface area (Å²) < 4.78 is 38.9. The van der Waals surface area contributed by atoms with Crippen LogP contribution in [0.4, 0.5) is 24.5 Å². The van der Waals surface area contributed by atoms with E-state index >= 15 is 0 Å². The van der Waals surface area contributed by atoms with E-state index in [2.05, 4.69) is 15.5 Å². The van der Waals surface area contributed by atoms with Gasteiger partial charge in [0, 0.05) is 55.7 Å². The first-order chi connectivity index (χ1) is 17.6. The fourth-order valence-corrected chi connectivity index (χ4v) is 4.68. The average molecular weight is 538 g/mol. The van der Waals surface area contributed by atoms with Gasteiger partial charge in [-0.25, -0.2) is 0 Å². The molecule has 2 N–H and O–H groups in total. The number of nitrogens with one attached hydrogen (secondary N) is 2. The summed E-state index contributed by atoms with van der Waals surface area (Å²) in [4.78, 5) is 43.8. The number of halogens is 4. The predicted molar refractivity (Wildman–Crippen MR) is 133 cm³/mol. The molecule has 37 heavy (non-hydrogen) atoms. The van der Waals surface area contributed by atoms with E-state index in [4.69, 9.17) is 11.6 Å². The number of carbonyl (C=O) groups is 3. The topological polar surface area (TPSA) is 85.0 Å². The second kappa shape index (κ2) is 11.4. The third kappa shape index (κ3) is 6.92. The van der Waals surface area contributed by atoms with Crippen molar-refractivity contribution in [3.8, 4) is 0 Å². The number of piperazine rings is 2. The molecule has 2 saturated heterocycles. The van der Waals surface area contributed by atoms with Gasteiger partial charge in [0.2, 0.25) is 17.7 Å². The van der Waals surface area contributed by atoms with Crippen LogP contribution < -0.4 is 15.5 Å². The Morgan fingerprint density at radius 2 is 1.76 bits per heavy atom. The number of anilines is 2. The van der Waals surface area contributed by atoms with Crippen molar-refractivity contribution in [2.75, 3.05) is 56.0 Å². The van der Waals surface area contributed by atoms with Gasteiger partial charge in [-0.15, -0.1) is 0 Å². The number of rotatable bonds is 6. The van der Waals surface area contributed by atoms with Crippen molar-refractivity contribution in [3.05, 3.63) is 59.1 Å². The molecule has 2 aliphatic heterocycles. The fraction of sp³-hybridized carbons (Fsp3) is 0.400. The molecule has 0 bridgehead atoms. The van der Waals surface area contributed by atoms with E-state index in [0.717, 1.165) is 17.8 Å². The molecule has 4 rings (SSSR count). The van der Waals surface area contributed by atoms with E-state index in [0.29, 0.717) is 31.2 Å². The van der Waals surface area contributed by atoms with E-state index < -0.39 is 29.6 Å². The van der Waals surface area contributed by atoms with Crippen LogP contribution in [-0.4, -0.2) is 79.4 Å². The highest BCUT2D eigenvalue weighted by molar-refractivity contribution is 6.30. The van der Waals surface area contributed by atoms with Crippen LogP contribution in [0.2, 0.25) is 5.02 Å². The first-order valence-corrected chi connectivity index (χ1v) is 12.2. The molecule has 198 valence electrons. The van der Waals surface area contributed by atoms with E-state index in [1.54, 1.807) is 0 Å². The maximum absolute atomic E-state index is 13.1. The third-order valence-electron chi connectivity index (χ3n) is 6.41. The van der Waals surface area contributed by atoms with E-state index in [1.165, 1.54) is 17.0 Å². The number of amides is 3. The smallest absolute Gasteiger partial charge is 0.369 e. The Morgan fingerprint density at radius 3 is 2.46 bits per heavy atom. The number of hydrogen-bond donors (Lipinski definition) is 2. The lowest BCUT2D eigenvalue weighted by Gasteiger charge is -2.39. The second-order valence-electron chi connectivity index (χ2n) is 8.97. The molecule has 1 atom stereocenters. The molecule has 2 aromatic carbocycles. The third-order valence-corrected chi connectivity index (χ3v) is 6.64. The Hall–Kier alpha value is -3.31. The highest BCUT2D eigenvalue weighted by Crippen LogP contribution is 2.30. The Labute approximate surface area is 217 Å².